The topological polar surface area (TPSA) is 45.1 Å². The third-order valence-electron chi connectivity index (χ3n) is 3.35. The van der Waals surface area contributed by atoms with Gasteiger partial charge in [0.1, 0.15) is 0 Å². The number of aliphatic hydroxyl groups is 1. The normalized spacial score (nSPS) is 12.6. The Labute approximate surface area is 114 Å². The number of rotatable bonds is 6. The van der Waals surface area contributed by atoms with Crippen LogP contribution in [0.5, 0.6) is 0 Å². The fraction of sp³-hybridized carbons (Fsp3) is 0.438. The molecule has 0 saturated heterocycles. The van der Waals surface area contributed by atoms with Crippen LogP contribution in [0.15, 0.2) is 30.3 Å². The third kappa shape index (κ3) is 3.24. The maximum absolute atomic E-state index is 9.35. The van der Waals surface area contributed by atoms with Crippen LogP contribution in [0.3, 0.4) is 0 Å². The highest BCUT2D eigenvalue weighted by Crippen LogP contribution is 2.24. The first-order valence-corrected chi connectivity index (χ1v) is 7.04. The summed E-state index contributed by atoms with van der Waals surface area (Å²) in [4.78, 5) is 4.68. The number of nitrogens with one attached hydrogen (secondary N) is 1. The van der Waals surface area contributed by atoms with Gasteiger partial charge in [0, 0.05) is 22.8 Å². The molecular weight excluding hydrogens is 236 g/mol. The number of hydrogen-bond acceptors (Lipinski definition) is 3. The number of anilines is 1. The Hall–Kier alpha value is -1.61. The van der Waals surface area contributed by atoms with Crippen LogP contribution in [0.2, 0.25) is 0 Å². The second-order valence-electron chi connectivity index (χ2n) is 4.86. The fourth-order valence-corrected chi connectivity index (χ4v) is 2.23. The van der Waals surface area contributed by atoms with Crippen LogP contribution in [0.4, 0.5) is 5.69 Å². The number of para-hydroxylation sites is 1. The summed E-state index contributed by atoms with van der Waals surface area (Å²) >= 11 is 0. The van der Waals surface area contributed by atoms with E-state index in [1.165, 1.54) is 0 Å². The summed E-state index contributed by atoms with van der Waals surface area (Å²) in [6.45, 7) is 4.38. The van der Waals surface area contributed by atoms with Gasteiger partial charge >= 0.3 is 0 Å². The fourth-order valence-electron chi connectivity index (χ4n) is 2.23. The van der Waals surface area contributed by atoms with Crippen LogP contribution in [0.1, 0.15) is 32.4 Å². The van der Waals surface area contributed by atoms with Gasteiger partial charge in [0.15, 0.2) is 0 Å². The average molecular weight is 258 g/mol. The van der Waals surface area contributed by atoms with Crippen molar-refractivity contribution in [3.8, 4) is 0 Å². The molecule has 0 bridgehead atoms. The van der Waals surface area contributed by atoms with Crippen molar-refractivity contribution in [2.45, 2.75) is 39.2 Å². The van der Waals surface area contributed by atoms with Crippen LogP contribution >= 0.6 is 0 Å². The molecule has 0 unspecified atom stereocenters. The standard InChI is InChI=1S/C16H22N2O/c1-3-7-13-10-16(17-12(4-2)11-19)14-8-5-6-9-15(14)18-13/h5-6,8-10,12,19H,3-4,7,11H2,1-2H3,(H,17,18)/t12-/m1/s1. The van der Waals surface area contributed by atoms with Gasteiger partial charge < -0.3 is 10.4 Å². The molecule has 2 aromatic rings. The minimum absolute atomic E-state index is 0.0975. The second kappa shape index (κ2) is 6.53. The number of benzene rings is 1. The predicted molar refractivity (Wildman–Crippen MR) is 80.5 cm³/mol. The minimum Gasteiger partial charge on any atom is -0.394 e. The first kappa shape index (κ1) is 13.8. The molecule has 0 spiro atoms. The van der Waals surface area contributed by atoms with E-state index in [4.69, 9.17) is 0 Å². The number of pyridine rings is 1. The zero-order valence-electron chi connectivity index (χ0n) is 11.7. The van der Waals surface area contributed by atoms with E-state index >= 15 is 0 Å². The molecule has 1 aromatic carbocycles. The lowest BCUT2D eigenvalue weighted by Crippen LogP contribution is -2.22. The molecule has 0 saturated carbocycles. The molecule has 2 rings (SSSR count). The van der Waals surface area contributed by atoms with Crippen molar-refractivity contribution in [2.75, 3.05) is 11.9 Å². The Morgan fingerprint density at radius 2 is 2.05 bits per heavy atom. The Kier molecular flexibility index (Phi) is 4.74. The molecule has 0 aliphatic heterocycles. The summed E-state index contributed by atoms with van der Waals surface area (Å²) in [5.41, 5.74) is 3.20. The summed E-state index contributed by atoms with van der Waals surface area (Å²) in [6.07, 6.45) is 2.97. The molecule has 2 N–H and O–H groups in total. The van der Waals surface area contributed by atoms with Gasteiger partial charge in [-0.25, -0.2) is 0 Å². The lowest BCUT2D eigenvalue weighted by atomic mass is 10.1. The van der Waals surface area contributed by atoms with Gasteiger partial charge in [-0.2, -0.15) is 0 Å². The van der Waals surface area contributed by atoms with E-state index < -0.39 is 0 Å². The number of aromatic nitrogens is 1. The van der Waals surface area contributed by atoms with Crippen LogP contribution in [-0.4, -0.2) is 22.7 Å². The van der Waals surface area contributed by atoms with E-state index in [2.05, 4.69) is 36.3 Å². The van der Waals surface area contributed by atoms with Gasteiger partial charge in [-0.1, -0.05) is 38.5 Å². The Bertz CT molecular complexity index is 535. The Morgan fingerprint density at radius 3 is 2.74 bits per heavy atom. The predicted octanol–water partition coefficient (Wildman–Crippen LogP) is 3.37. The summed E-state index contributed by atoms with van der Waals surface area (Å²) < 4.78 is 0. The van der Waals surface area contributed by atoms with Crippen LogP contribution < -0.4 is 5.32 Å². The van der Waals surface area contributed by atoms with Crippen molar-refractivity contribution in [2.24, 2.45) is 0 Å². The first-order valence-electron chi connectivity index (χ1n) is 7.04. The van der Waals surface area contributed by atoms with Crippen molar-refractivity contribution in [1.29, 1.82) is 0 Å². The maximum Gasteiger partial charge on any atom is 0.0726 e. The maximum atomic E-state index is 9.35. The number of fused-ring (bicyclic) bond motifs is 1. The zero-order valence-corrected chi connectivity index (χ0v) is 11.7. The molecule has 0 aliphatic rings. The molecule has 19 heavy (non-hydrogen) atoms. The van der Waals surface area contributed by atoms with E-state index in [0.29, 0.717) is 0 Å². The molecule has 0 fully saturated rings. The Morgan fingerprint density at radius 1 is 1.26 bits per heavy atom. The molecular formula is C16H22N2O. The highest BCUT2D eigenvalue weighted by molar-refractivity contribution is 5.91. The van der Waals surface area contributed by atoms with Gasteiger partial charge in [0.05, 0.1) is 12.1 Å². The van der Waals surface area contributed by atoms with Gasteiger partial charge in [-0.05, 0) is 25.0 Å². The van der Waals surface area contributed by atoms with E-state index in [1.54, 1.807) is 0 Å². The third-order valence-corrected chi connectivity index (χ3v) is 3.35. The van der Waals surface area contributed by atoms with Crippen molar-refractivity contribution < 1.29 is 5.11 Å². The van der Waals surface area contributed by atoms with Crippen molar-refractivity contribution in [1.82, 2.24) is 4.98 Å². The molecule has 1 heterocycles. The lowest BCUT2D eigenvalue weighted by molar-refractivity contribution is 0.272. The molecule has 3 nitrogen and oxygen atoms in total. The van der Waals surface area contributed by atoms with Gasteiger partial charge in [0.25, 0.3) is 0 Å². The molecule has 0 radical (unpaired) electrons. The molecule has 1 aromatic heterocycles. The highest BCUT2D eigenvalue weighted by Gasteiger charge is 2.09. The monoisotopic (exact) mass is 258 g/mol. The SMILES string of the molecule is CCCc1cc(N[C@H](CC)CO)c2ccccc2n1. The van der Waals surface area contributed by atoms with E-state index in [0.717, 1.165) is 41.5 Å². The molecule has 102 valence electrons. The largest absolute Gasteiger partial charge is 0.394 e. The minimum atomic E-state index is 0.0975. The number of nitrogens with zero attached hydrogens (tertiary/aromatic N) is 1. The summed E-state index contributed by atoms with van der Waals surface area (Å²) in [5.74, 6) is 0. The van der Waals surface area contributed by atoms with Crippen molar-refractivity contribution in [3.63, 3.8) is 0 Å². The Balaban J connectivity index is 2.43. The summed E-state index contributed by atoms with van der Waals surface area (Å²) in [6, 6.07) is 10.4. The quantitative estimate of drug-likeness (QED) is 0.835. The number of aliphatic hydroxyl groups excluding tert-OH is 1. The van der Waals surface area contributed by atoms with Crippen molar-refractivity contribution >= 4 is 16.6 Å². The van der Waals surface area contributed by atoms with E-state index in [9.17, 15) is 5.11 Å². The first-order chi connectivity index (χ1) is 9.28. The number of hydrogen-bond donors (Lipinski definition) is 2. The van der Waals surface area contributed by atoms with Crippen LogP contribution in [-0.2, 0) is 6.42 Å². The van der Waals surface area contributed by atoms with E-state index in [-0.39, 0.29) is 12.6 Å². The number of aryl methyl sites for hydroxylation is 1. The smallest absolute Gasteiger partial charge is 0.0726 e. The van der Waals surface area contributed by atoms with E-state index in [1.807, 2.05) is 18.2 Å². The second-order valence-corrected chi connectivity index (χ2v) is 4.86. The van der Waals surface area contributed by atoms with Gasteiger partial charge in [0.2, 0.25) is 0 Å². The average Bonchev–Trinajstić information content (AvgIpc) is 2.45. The molecule has 0 amide bonds. The van der Waals surface area contributed by atoms with Crippen LogP contribution in [0.25, 0.3) is 10.9 Å². The summed E-state index contributed by atoms with van der Waals surface area (Å²) in [7, 11) is 0. The van der Waals surface area contributed by atoms with Gasteiger partial charge in [-0.15, -0.1) is 0 Å². The van der Waals surface area contributed by atoms with Crippen molar-refractivity contribution in [3.05, 3.63) is 36.0 Å². The summed E-state index contributed by atoms with van der Waals surface area (Å²) in [5, 5.41) is 13.9. The molecule has 1 atom stereocenters. The lowest BCUT2D eigenvalue weighted by Gasteiger charge is -2.18. The molecule has 0 aliphatic carbocycles. The van der Waals surface area contributed by atoms with Crippen LogP contribution in [0, 0.1) is 0 Å². The molecule has 3 heteroatoms. The highest BCUT2D eigenvalue weighted by atomic mass is 16.3. The van der Waals surface area contributed by atoms with Gasteiger partial charge in [-0.3, -0.25) is 4.98 Å². The zero-order chi connectivity index (χ0) is 13.7.